The van der Waals surface area contributed by atoms with Gasteiger partial charge in [0.15, 0.2) is 0 Å². The van der Waals surface area contributed by atoms with E-state index in [2.05, 4.69) is 17.1 Å². The van der Waals surface area contributed by atoms with Gasteiger partial charge in [0.1, 0.15) is 5.84 Å². The summed E-state index contributed by atoms with van der Waals surface area (Å²) in [6.07, 6.45) is 2.11. The number of rotatable bonds is 5. The van der Waals surface area contributed by atoms with Crippen molar-refractivity contribution in [2.24, 2.45) is 5.73 Å². The van der Waals surface area contributed by atoms with Crippen LogP contribution in [0.2, 0.25) is 0 Å². The molecule has 98 valence electrons. The number of nitrogens with two attached hydrogens (primary N) is 1. The highest BCUT2D eigenvalue weighted by Gasteiger charge is 2.20. The van der Waals surface area contributed by atoms with Gasteiger partial charge in [0, 0.05) is 32.7 Å². The quantitative estimate of drug-likeness (QED) is 0.361. The van der Waals surface area contributed by atoms with Crippen molar-refractivity contribution < 1.29 is 4.79 Å². The number of nitrogens with one attached hydrogen (secondary N) is 2. The largest absolute Gasteiger partial charge is 0.387 e. The molecule has 1 aliphatic rings. The second kappa shape index (κ2) is 7.11. The van der Waals surface area contributed by atoms with E-state index < -0.39 is 0 Å². The lowest BCUT2D eigenvalue weighted by atomic mass is 10.3. The van der Waals surface area contributed by atoms with Gasteiger partial charge in [0.05, 0.1) is 6.54 Å². The van der Waals surface area contributed by atoms with E-state index in [1.54, 1.807) is 0 Å². The second-order valence-corrected chi connectivity index (χ2v) is 4.37. The monoisotopic (exact) mass is 241 g/mol. The Morgan fingerprint density at radius 2 is 2.00 bits per heavy atom. The van der Waals surface area contributed by atoms with Gasteiger partial charge in [-0.3, -0.25) is 10.3 Å². The molecule has 0 bridgehead atoms. The molecule has 0 saturated carbocycles. The SMILES string of the molecule is CCCCNC(=O)N1CCN(CC(=N)N)CC1. The fourth-order valence-electron chi connectivity index (χ4n) is 1.83. The number of hydrogen-bond acceptors (Lipinski definition) is 3. The molecule has 1 saturated heterocycles. The molecule has 0 aromatic carbocycles. The van der Waals surface area contributed by atoms with Crippen molar-refractivity contribution in [2.45, 2.75) is 19.8 Å². The Hall–Kier alpha value is -1.30. The van der Waals surface area contributed by atoms with Gasteiger partial charge in [0.25, 0.3) is 0 Å². The molecule has 1 heterocycles. The summed E-state index contributed by atoms with van der Waals surface area (Å²) in [6.45, 7) is 6.37. The lowest BCUT2D eigenvalue weighted by Crippen LogP contribution is -2.53. The predicted octanol–water partition coefficient (Wildman–Crippen LogP) is 0.0497. The summed E-state index contributed by atoms with van der Waals surface area (Å²) in [5, 5.41) is 10.1. The molecule has 17 heavy (non-hydrogen) atoms. The molecular weight excluding hydrogens is 218 g/mol. The van der Waals surface area contributed by atoms with Gasteiger partial charge >= 0.3 is 6.03 Å². The third-order valence-corrected chi connectivity index (χ3v) is 2.86. The molecule has 1 fully saturated rings. The lowest BCUT2D eigenvalue weighted by Gasteiger charge is -2.34. The van der Waals surface area contributed by atoms with Crippen LogP contribution in [-0.2, 0) is 0 Å². The molecule has 1 rings (SSSR count). The van der Waals surface area contributed by atoms with E-state index in [0.717, 1.165) is 32.5 Å². The van der Waals surface area contributed by atoms with Crippen molar-refractivity contribution in [1.29, 1.82) is 5.41 Å². The van der Waals surface area contributed by atoms with Crippen LogP contribution in [0.4, 0.5) is 4.79 Å². The zero-order valence-corrected chi connectivity index (χ0v) is 10.5. The number of carbonyl (C=O) groups excluding carboxylic acids is 1. The summed E-state index contributed by atoms with van der Waals surface area (Å²) in [5.41, 5.74) is 5.35. The zero-order chi connectivity index (χ0) is 12.7. The van der Waals surface area contributed by atoms with Crippen molar-refractivity contribution in [3.05, 3.63) is 0 Å². The molecule has 6 heteroatoms. The molecule has 0 aromatic heterocycles. The molecule has 0 atom stereocenters. The minimum absolute atomic E-state index is 0.0286. The molecule has 1 aliphatic heterocycles. The topological polar surface area (TPSA) is 85.5 Å². The Bertz CT molecular complexity index is 261. The maximum absolute atomic E-state index is 11.7. The van der Waals surface area contributed by atoms with E-state index in [9.17, 15) is 4.79 Å². The predicted molar refractivity (Wildman–Crippen MR) is 68.2 cm³/mol. The Kier molecular flexibility index (Phi) is 5.76. The van der Waals surface area contributed by atoms with Gasteiger partial charge in [-0.05, 0) is 6.42 Å². The highest BCUT2D eigenvalue weighted by Crippen LogP contribution is 2.01. The van der Waals surface area contributed by atoms with Crippen LogP contribution in [0.15, 0.2) is 0 Å². The number of carbonyl (C=O) groups is 1. The highest BCUT2D eigenvalue weighted by atomic mass is 16.2. The maximum atomic E-state index is 11.7. The molecule has 0 radical (unpaired) electrons. The van der Waals surface area contributed by atoms with Gasteiger partial charge in [0.2, 0.25) is 0 Å². The summed E-state index contributed by atoms with van der Waals surface area (Å²) in [4.78, 5) is 15.7. The van der Waals surface area contributed by atoms with Crippen LogP contribution >= 0.6 is 0 Å². The molecule has 6 nitrogen and oxygen atoms in total. The third-order valence-electron chi connectivity index (χ3n) is 2.86. The van der Waals surface area contributed by atoms with Gasteiger partial charge in [-0.25, -0.2) is 4.79 Å². The van der Waals surface area contributed by atoms with E-state index in [1.807, 2.05) is 4.90 Å². The zero-order valence-electron chi connectivity index (χ0n) is 10.5. The molecule has 2 amide bonds. The number of amides is 2. The molecule has 0 unspecified atom stereocenters. The van der Waals surface area contributed by atoms with Crippen molar-refractivity contribution >= 4 is 11.9 Å². The first kappa shape index (κ1) is 13.8. The summed E-state index contributed by atoms with van der Waals surface area (Å²) in [5.74, 6) is 0.186. The van der Waals surface area contributed by atoms with Crippen LogP contribution in [-0.4, -0.2) is 60.9 Å². The number of amidine groups is 1. The average molecular weight is 241 g/mol. The van der Waals surface area contributed by atoms with E-state index in [4.69, 9.17) is 11.1 Å². The Labute approximate surface area is 103 Å². The number of urea groups is 1. The Balaban J connectivity index is 2.21. The third kappa shape index (κ3) is 5.04. The smallest absolute Gasteiger partial charge is 0.317 e. The van der Waals surface area contributed by atoms with Crippen LogP contribution in [0.3, 0.4) is 0 Å². The van der Waals surface area contributed by atoms with E-state index in [0.29, 0.717) is 19.6 Å². The Morgan fingerprint density at radius 3 is 2.53 bits per heavy atom. The number of nitrogens with zero attached hydrogens (tertiary/aromatic N) is 2. The number of piperazine rings is 1. The molecular formula is C11H23N5O. The summed E-state index contributed by atoms with van der Waals surface area (Å²) in [6, 6.07) is 0.0286. The molecule has 4 N–H and O–H groups in total. The van der Waals surface area contributed by atoms with Crippen molar-refractivity contribution in [3.63, 3.8) is 0 Å². The summed E-state index contributed by atoms with van der Waals surface area (Å²) >= 11 is 0. The fraction of sp³-hybridized carbons (Fsp3) is 0.818. The number of hydrogen-bond donors (Lipinski definition) is 3. The van der Waals surface area contributed by atoms with Crippen LogP contribution in [0.25, 0.3) is 0 Å². The molecule has 0 spiro atoms. The van der Waals surface area contributed by atoms with Crippen molar-refractivity contribution in [3.8, 4) is 0 Å². The van der Waals surface area contributed by atoms with Crippen molar-refractivity contribution in [2.75, 3.05) is 39.3 Å². The standard InChI is InChI=1S/C11H23N5O/c1-2-3-4-14-11(17)16-7-5-15(6-8-16)9-10(12)13/h2-9H2,1H3,(H3,12,13)(H,14,17). The fourth-order valence-corrected chi connectivity index (χ4v) is 1.83. The molecule has 0 aromatic rings. The van der Waals surface area contributed by atoms with Crippen LogP contribution < -0.4 is 11.1 Å². The van der Waals surface area contributed by atoms with E-state index >= 15 is 0 Å². The van der Waals surface area contributed by atoms with Crippen LogP contribution in [0.5, 0.6) is 0 Å². The van der Waals surface area contributed by atoms with Gasteiger partial charge in [-0.15, -0.1) is 0 Å². The maximum Gasteiger partial charge on any atom is 0.317 e. The normalized spacial score (nSPS) is 16.9. The second-order valence-electron chi connectivity index (χ2n) is 4.37. The Morgan fingerprint density at radius 1 is 1.35 bits per heavy atom. The van der Waals surface area contributed by atoms with Gasteiger partial charge in [-0.2, -0.15) is 0 Å². The van der Waals surface area contributed by atoms with Gasteiger partial charge in [-0.1, -0.05) is 13.3 Å². The first-order valence-corrected chi connectivity index (χ1v) is 6.21. The summed E-state index contributed by atoms with van der Waals surface area (Å²) < 4.78 is 0. The minimum Gasteiger partial charge on any atom is -0.387 e. The molecule has 0 aliphatic carbocycles. The van der Waals surface area contributed by atoms with Crippen molar-refractivity contribution in [1.82, 2.24) is 15.1 Å². The first-order valence-electron chi connectivity index (χ1n) is 6.21. The first-order chi connectivity index (χ1) is 8.13. The van der Waals surface area contributed by atoms with Gasteiger partial charge < -0.3 is 16.0 Å². The van der Waals surface area contributed by atoms with E-state index in [1.165, 1.54) is 0 Å². The highest BCUT2D eigenvalue weighted by molar-refractivity contribution is 5.79. The summed E-state index contributed by atoms with van der Waals surface area (Å²) in [7, 11) is 0. The van der Waals surface area contributed by atoms with Crippen LogP contribution in [0.1, 0.15) is 19.8 Å². The van der Waals surface area contributed by atoms with E-state index in [-0.39, 0.29) is 11.9 Å². The average Bonchev–Trinajstić information content (AvgIpc) is 2.29. The van der Waals surface area contributed by atoms with Crippen LogP contribution in [0, 0.1) is 5.41 Å². The minimum atomic E-state index is 0.0286. The number of unbranched alkanes of at least 4 members (excludes halogenated alkanes) is 1. The lowest BCUT2D eigenvalue weighted by molar-refractivity contribution is 0.148.